The minimum absolute atomic E-state index is 0.204. The van der Waals surface area contributed by atoms with E-state index in [1.54, 1.807) is 30.2 Å². The number of primary amides is 1. The number of carbonyl (C=O) groups excluding carboxylic acids is 2. The van der Waals surface area contributed by atoms with Crippen molar-refractivity contribution < 1.29 is 9.59 Å². The number of aromatic nitrogens is 3. The predicted molar refractivity (Wildman–Crippen MR) is 97.1 cm³/mol. The van der Waals surface area contributed by atoms with Gasteiger partial charge in [0.25, 0.3) is 5.91 Å². The SMILES string of the molecule is Cc1nnc(N2CCN(C(=O)Nc3ccccn3)CC2)c(C(N)=O)c1C. The summed E-state index contributed by atoms with van der Waals surface area (Å²) in [6.07, 6.45) is 1.62. The number of piperazine rings is 1. The Morgan fingerprint density at radius 3 is 2.46 bits per heavy atom. The van der Waals surface area contributed by atoms with Gasteiger partial charge in [0.15, 0.2) is 5.82 Å². The molecule has 0 aliphatic carbocycles. The number of amides is 3. The lowest BCUT2D eigenvalue weighted by Gasteiger charge is -2.35. The zero-order valence-corrected chi connectivity index (χ0v) is 14.8. The van der Waals surface area contributed by atoms with E-state index in [1.165, 1.54) is 0 Å². The lowest BCUT2D eigenvalue weighted by molar-refractivity contribution is 0.0999. The largest absolute Gasteiger partial charge is 0.365 e. The fourth-order valence-corrected chi connectivity index (χ4v) is 2.86. The van der Waals surface area contributed by atoms with E-state index >= 15 is 0 Å². The fourth-order valence-electron chi connectivity index (χ4n) is 2.86. The summed E-state index contributed by atoms with van der Waals surface area (Å²) in [5.74, 6) is 0.465. The van der Waals surface area contributed by atoms with Crippen LogP contribution in [0.3, 0.4) is 0 Å². The van der Waals surface area contributed by atoms with Gasteiger partial charge in [-0.1, -0.05) is 6.07 Å². The number of pyridine rings is 1. The Kier molecular flexibility index (Phi) is 4.97. The van der Waals surface area contributed by atoms with E-state index in [9.17, 15) is 9.59 Å². The molecule has 0 saturated carbocycles. The van der Waals surface area contributed by atoms with Crippen LogP contribution in [-0.4, -0.2) is 58.2 Å². The molecule has 0 aromatic carbocycles. The molecule has 0 atom stereocenters. The van der Waals surface area contributed by atoms with Crippen molar-refractivity contribution in [1.82, 2.24) is 20.1 Å². The van der Waals surface area contributed by atoms with Gasteiger partial charge in [0.2, 0.25) is 0 Å². The van der Waals surface area contributed by atoms with Crippen LogP contribution in [0.2, 0.25) is 0 Å². The Morgan fingerprint density at radius 2 is 1.85 bits per heavy atom. The highest BCUT2D eigenvalue weighted by Gasteiger charge is 2.26. The Bertz CT molecular complexity index is 817. The summed E-state index contributed by atoms with van der Waals surface area (Å²) in [7, 11) is 0. The van der Waals surface area contributed by atoms with Gasteiger partial charge in [0, 0.05) is 32.4 Å². The van der Waals surface area contributed by atoms with Crippen molar-refractivity contribution in [1.29, 1.82) is 0 Å². The van der Waals surface area contributed by atoms with E-state index in [-0.39, 0.29) is 6.03 Å². The van der Waals surface area contributed by atoms with Crippen molar-refractivity contribution in [3.05, 3.63) is 41.2 Å². The summed E-state index contributed by atoms with van der Waals surface area (Å²) >= 11 is 0. The van der Waals surface area contributed by atoms with Crippen molar-refractivity contribution in [3.8, 4) is 0 Å². The lowest BCUT2D eigenvalue weighted by atomic mass is 10.1. The van der Waals surface area contributed by atoms with Gasteiger partial charge in [-0.2, -0.15) is 5.10 Å². The molecule has 136 valence electrons. The molecule has 9 heteroatoms. The highest BCUT2D eigenvalue weighted by atomic mass is 16.2. The Morgan fingerprint density at radius 1 is 1.12 bits per heavy atom. The maximum absolute atomic E-state index is 12.3. The molecule has 0 unspecified atom stereocenters. The smallest absolute Gasteiger partial charge is 0.323 e. The molecule has 2 aromatic heterocycles. The number of nitrogens with two attached hydrogens (primary N) is 1. The van der Waals surface area contributed by atoms with E-state index in [1.807, 2.05) is 17.9 Å². The summed E-state index contributed by atoms with van der Waals surface area (Å²) in [6, 6.07) is 5.13. The highest BCUT2D eigenvalue weighted by Crippen LogP contribution is 2.23. The lowest BCUT2D eigenvalue weighted by Crippen LogP contribution is -2.50. The first-order valence-corrected chi connectivity index (χ1v) is 8.33. The number of urea groups is 1. The Hall–Kier alpha value is -3.23. The molecule has 0 spiro atoms. The summed E-state index contributed by atoms with van der Waals surface area (Å²) in [4.78, 5) is 31.9. The molecule has 3 heterocycles. The highest BCUT2D eigenvalue weighted by molar-refractivity contribution is 5.99. The number of hydrogen-bond acceptors (Lipinski definition) is 6. The van der Waals surface area contributed by atoms with Gasteiger partial charge in [-0.05, 0) is 31.5 Å². The molecule has 2 aromatic rings. The van der Waals surface area contributed by atoms with Gasteiger partial charge >= 0.3 is 6.03 Å². The molecular formula is C17H21N7O2. The van der Waals surface area contributed by atoms with Crippen LogP contribution in [0.1, 0.15) is 21.6 Å². The number of aryl methyl sites for hydroxylation is 1. The number of hydrogen-bond donors (Lipinski definition) is 2. The first-order valence-electron chi connectivity index (χ1n) is 8.33. The van der Waals surface area contributed by atoms with Crippen LogP contribution < -0.4 is 16.0 Å². The van der Waals surface area contributed by atoms with E-state index in [2.05, 4.69) is 20.5 Å². The number of nitrogens with zero attached hydrogens (tertiary/aromatic N) is 5. The fraction of sp³-hybridized carbons (Fsp3) is 0.353. The number of anilines is 2. The topological polar surface area (TPSA) is 117 Å². The normalized spacial score (nSPS) is 14.2. The van der Waals surface area contributed by atoms with Crippen LogP contribution in [0.15, 0.2) is 24.4 Å². The average molecular weight is 355 g/mol. The van der Waals surface area contributed by atoms with Crippen molar-refractivity contribution >= 4 is 23.6 Å². The second kappa shape index (κ2) is 7.34. The molecule has 1 fully saturated rings. The van der Waals surface area contributed by atoms with Crippen molar-refractivity contribution in [3.63, 3.8) is 0 Å². The third-order valence-electron chi connectivity index (χ3n) is 4.45. The Balaban J connectivity index is 1.68. The molecule has 3 rings (SSSR count). The monoisotopic (exact) mass is 355 g/mol. The van der Waals surface area contributed by atoms with Crippen LogP contribution in [-0.2, 0) is 0 Å². The van der Waals surface area contributed by atoms with E-state index in [4.69, 9.17) is 5.73 Å². The summed E-state index contributed by atoms with van der Waals surface area (Å²) < 4.78 is 0. The molecule has 1 aliphatic rings. The molecule has 3 amide bonds. The zero-order chi connectivity index (χ0) is 18.7. The van der Waals surface area contributed by atoms with Crippen molar-refractivity contribution in [2.45, 2.75) is 13.8 Å². The molecule has 1 saturated heterocycles. The third kappa shape index (κ3) is 3.56. The van der Waals surface area contributed by atoms with Crippen LogP contribution in [0.4, 0.5) is 16.4 Å². The maximum Gasteiger partial charge on any atom is 0.323 e. The summed E-state index contributed by atoms with van der Waals surface area (Å²) in [5, 5.41) is 11.0. The number of rotatable bonds is 3. The molecular weight excluding hydrogens is 334 g/mol. The van der Waals surface area contributed by atoms with Crippen molar-refractivity contribution in [2.24, 2.45) is 5.73 Å². The zero-order valence-electron chi connectivity index (χ0n) is 14.8. The Labute approximate surface area is 151 Å². The van der Waals surface area contributed by atoms with Crippen LogP contribution in [0, 0.1) is 13.8 Å². The molecule has 26 heavy (non-hydrogen) atoms. The molecule has 0 radical (unpaired) electrons. The van der Waals surface area contributed by atoms with Crippen LogP contribution in [0.25, 0.3) is 0 Å². The maximum atomic E-state index is 12.3. The van der Waals surface area contributed by atoms with E-state index < -0.39 is 5.91 Å². The quantitative estimate of drug-likeness (QED) is 0.846. The first-order chi connectivity index (χ1) is 12.5. The third-order valence-corrected chi connectivity index (χ3v) is 4.45. The molecule has 9 nitrogen and oxygen atoms in total. The number of nitrogens with one attached hydrogen (secondary N) is 1. The van der Waals surface area contributed by atoms with Gasteiger partial charge in [-0.25, -0.2) is 9.78 Å². The van der Waals surface area contributed by atoms with Gasteiger partial charge in [0.05, 0.1) is 11.3 Å². The minimum Gasteiger partial charge on any atom is -0.365 e. The van der Waals surface area contributed by atoms with Crippen LogP contribution >= 0.6 is 0 Å². The van der Waals surface area contributed by atoms with Gasteiger partial charge in [0.1, 0.15) is 5.82 Å². The van der Waals surface area contributed by atoms with Gasteiger partial charge in [-0.15, -0.1) is 5.10 Å². The number of carbonyl (C=O) groups is 2. The second-order valence-corrected chi connectivity index (χ2v) is 6.09. The van der Waals surface area contributed by atoms with Crippen molar-refractivity contribution in [2.75, 3.05) is 36.4 Å². The second-order valence-electron chi connectivity index (χ2n) is 6.09. The first kappa shape index (κ1) is 17.6. The minimum atomic E-state index is -0.522. The van der Waals surface area contributed by atoms with Gasteiger partial charge in [-0.3, -0.25) is 10.1 Å². The molecule has 0 bridgehead atoms. The van der Waals surface area contributed by atoms with Gasteiger partial charge < -0.3 is 15.5 Å². The molecule has 3 N–H and O–H groups in total. The van der Waals surface area contributed by atoms with E-state index in [0.717, 1.165) is 5.56 Å². The molecule has 1 aliphatic heterocycles. The van der Waals surface area contributed by atoms with Crippen LogP contribution in [0.5, 0.6) is 0 Å². The summed E-state index contributed by atoms with van der Waals surface area (Å²) in [5.41, 5.74) is 7.34. The standard InChI is InChI=1S/C17H21N7O2/c1-11-12(2)21-22-16(14(11)15(18)25)23-7-9-24(10-8-23)17(26)20-13-5-3-4-6-19-13/h3-6H,7-10H2,1-2H3,(H2,18,25)(H,19,20,26). The van der Waals surface area contributed by atoms with E-state index in [0.29, 0.717) is 49.1 Å². The predicted octanol–water partition coefficient (Wildman–Crippen LogP) is 0.941. The summed E-state index contributed by atoms with van der Waals surface area (Å²) in [6.45, 7) is 5.65. The average Bonchev–Trinajstić information content (AvgIpc) is 2.64.